The Morgan fingerprint density at radius 1 is 1.37 bits per heavy atom. The van der Waals surface area contributed by atoms with Gasteiger partial charge in [0.15, 0.2) is 0 Å². The average Bonchev–Trinajstić information content (AvgIpc) is 2.82. The Morgan fingerprint density at radius 3 is 3.00 bits per heavy atom. The smallest absolute Gasteiger partial charge is 0.336 e. The second kappa shape index (κ2) is 4.67. The number of aryl methyl sites for hydroxylation is 1. The van der Waals surface area contributed by atoms with Crippen molar-refractivity contribution in [3.05, 3.63) is 63.9 Å². The number of nitrogens with zero attached hydrogens (tertiary/aromatic N) is 1. The monoisotopic (exact) mass is 273 g/mol. The van der Waals surface area contributed by atoms with Gasteiger partial charge in [0, 0.05) is 17.1 Å². The van der Waals surface area contributed by atoms with Crippen molar-refractivity contribution in [3.63, 3.8) is 0 Å². The third-order valence-corrected chi connectivity index (χ3v) is 3.81. The first-order valence-corrected chi connectivity index (χ1v) is 6.51. The second-order valence-corrected chi connectivity index (χ2v) is 5.11. The Kier molecular flexibility index (Phi) is 2.99. The van der Waals surface area contributed by atoms with Gasteiger partial charge in [-0.3, -0.25) is 4.98 Å². The summed E-state index contributed by atoms with van der Waals surface area (Å²) in [6.07, 6.45) is 3.59. The molecule has 0 saturated heterocycles. The summed E-state index contributed by atoms with van der Waals surface area (Å²) < 4.78 is 0. The lowest BCUT2D eigenvalue weighted by Gasteiger charge is -2.14. The summed E-state index contributed by atoms with van der Waals surface area (Å²) in [6.45, 7) is 0. The van der Waals surface area contributed by atoms with Crippen LogP contribution in [0.3, 0.4) is 0 Å². The third-order valence-electron chi connectivity index (χ3n) is 3.58. The van der Waals surface area contributed by atoms with Gasteiger partial charge in [-0.2, -0.15) is 0 Å². The summed E-state index contributed by atoms with van der Waals surface area (Å²) >= 11 is 5.89. The zero-order chi connectivity index (χ0) is 13.4. The van der Waals surface area contributed by atoms with Crippen LogP contribution >= 0.6 is 11.6 Å². The summed E-state index contributed by atoms with van der Waals surface area (Å²) in [4.78, 5) is 15.8. The molecule has 1 N–H and O–H groups in total. The highest BCUT2D eigenvalue weighted by atomic mass is 35.5. The van der Waals surface area contributed by atoms with E-state index in [2.05, 4.69) is 11.1 Å². The molecular formula is C15H12ClNO2. The van der Waals surface area contributed by atoms with Gasteiger partial charge in [0.1, 0.15) is 0 Å². The van der Waals surface area contributed by atoms with Crippen molar-refractivity contribution in [3.8, 4) is 0 Å². The van der Waals surface area contributed by atoms with Crippen LogP contribution in [0.15, 0.2) is 36.5 Å². The molecule has 1 heterocycles. The van der Waals surface area contributed by atoms with Crippen molar-refractivity contribution in [1.82, 2.24) is 4.98 Å². The average molecular weight is 274 g/mol. The number of hydrogen-bond donors (Lipinski definition) is 1. The number of aromatic nitrogens is 1. The molecule has 0 radical (unpaired) electrons. The van der Waals surface area contributed by atoms with Gasteiger partial charge in [0.2, 0.25) is 0 Å². The number of carboxylic acids is 1. The lowest BCUT2D eigenvalue weighted by atomic mass is 9.92. The summed E-state index contributed by atoms with van der Waals surface area (Å²) in [5.74, 6) is -0.888. The predicted octanol–water partition coefficient (Wildman–Crippen LogP) is 3.51. The largest absolute Gasteiger partial charge is 0.478 e. The zero-order valence-corrected chi connectivity index (χ0v) is 10.9. The number of pyridine rings is 1. The minimum absolute atomic E-state index is 0.0552. The van der Waals surface area contributed by atoms with E-state index in [-0.39, 0.29) is 11.5 Å². The SMILES string of the molecule is O=C(O)c1cc(Cl)ccc1C1CCc2cccnc21. The van der Waals surface area contributed by atoms with E-state index in [9.17, 15) is 9.90 Å². The van der Waals surface area contributed by atoms with E-state index in [1.165, 1.54) is 11.6 Å². The van der Waals surface area contributed by atoms with Crippen LogP contribution in [0.25, 0.3) is 0 Å². The lowest BCUT2D eigenvalue weighted by molar-refractivity contribution is 0.0695. The fraction of sp³-hybridized carbons (Fsp3) is 0.200. The minimum atomic E-state index is -0.943. The van der Waals surface area contributed by atoms with Gasteiger partial charge >= 0.3 is 5.97 Å². The minimum Gasteiger partial charge on any atom is -0.478 e. The van der Waals surface area contributed by atoms with Crippen molar-refractivity contribution in [2.75, 3.05) is 0 Å². The fourth-order valence-corrected chi connectivity index (χ4v) is 2.91. The number of carboxylic acid groups (broad SMARTS) is 1. The van der Waals surface area contributed by atoms with E-state index in [0.717, 1.165) is 24.1 Å². The van der Waals surface area contributed by atoms with Gasteiger partial charge in [-0.05, 0) is 42.2 Å². The van der Waals surface area contributed by atoms with Crippen molar-refractivity contribution in [2.24, 2.45) is 0 Å². The molecule has 0 fully saturated rings. The number of benzene rings is 1. The molecule has 4 heteroatoms. The normalized spacial score (nSPS) is 17.2. The first kappa shape index (κ1) is 12.2. The molecule has 1 aromatic heterocycles. The molecule has 1 atom stereocenters. The molecule has 1 aliphatic carbocycles. The molecule has 0 amide bonds. The number of halogens is 1. The van der Waals surface area contributed by atoms with E-state index >= 15 is 0 Å². The molecule has 0 aliphatic heterocycles. The number of carbonyl (C=O) groups is 1. The number of fused-ring (bicyclic) bond motifs is 1. The molecular weight excluding hydrogens is 262 g/mol. The summed E-state index contributed by atoms with van der Waals surface area (Å²) in [5.41, 5.74) is 3.27. The van der Waals surface area contributed by atoms with Crippen LogP contribution in [0.4, 0.5) is 0 Å². The van der Waals surface area contributed by atoms with Crippen molar-refractivity contribution in [2.45, 2.75) is 18.8 Å². The zero-order valence-electron chi connectivity index (χ0n) is 10.1. The van der Waals surface area contributed by atoms with E-state index in [4.69, 9.17) is 11.6 Å². The number of hydrogen-bond acceptors (Lipinski definition) is 2. The van der Waals surface area contributed by atoms with E-state index < -0.39 is 5.97 Å². The van der Waals surface area contributed by atoms with Crippen molar-refractivity contribution < 1.29 is 9.90 Å². The standard InChI is InChI=1S/C15H12ClNO2/c16-10-4-6-11(13(8-10)15(18)19)12-5-3-9-2-1-7-17-14(9)12/h1-2,4,6-8,12H,3,5H2,(H,18,19). The molecule has 1 aromatic carbocycles. The van der Waals surface area contributed by atoms with Crippen LogP contribution in [0.2, 0.25) is 5.02 Å². The van der Waals surface area contributed by atoms with Crippen LogP contribution in [0.5, 0.6) is 0 Å². The molecule has 19 heavy (non-hydrogen) atoms. The number of aromatic carboxylic acids is 1. The molecule has 3 nitrogen and oxygen atoms in total. The Morgan fingerprint density at radius 2 is 2.21 bits per heavy atom. The van der Waals surface area contributed by atoms with Crippen molar-refractivity contribution in [1.29, 1.82) is 0 Å². The van der Waals surface area contributed by atoms with Crippen LogP contribution in [0.1, 0.15) is 39.5 Å². The van der Waals surface area contributed by atoms with Crippen LogP contribution in [-0.4, -0.2) is 16.1 Å². The predicted molar refractivity (Wildman–Crippen MR) is 72.8 cm³/mol. The maximum absolute atomic E-state index is 11.4. The fourth-order valence-electron chi connectivity index (χ4n) is 2.73. The summed E-state index contributed by atoms with van der Waals surface area (Å²) in [7, 11) is 0. The van der Waals surface area contributed by atoms with Crippen LogP contribution in [-0.2, 0) is 6.42 Å². The van der Waals surface area contributed by atoms with Gasteiger partial charge in [-0.25, -0.2) is 4.79 Å². The van der Waals surface area contributed by atoms with Crippen molar-refractivity contribution >= 4 is 17.6 Å². The Hall–Kier alpha value is -1.87. The van der Waals surface area contributed by atoms with E-state index in [0.29, 0.717) is 5.02 Å². The lowest BCUT2D eigenvalue weighted by Crippen LogP contribution is -2.07. The van der Waals surface area contributed by atoms with E-state index in [1.807, 2.05) is 6.07 Å². The van der Waals surface area contributed by atoms with Gasteiger partial charge in [-0.15, -0.1) is 0 Å². The second-order valence-electron chi connectivity index (χ2n) is 4.68. The highest BCUT2D eigenvalue weighted by molar-refractivity contribution is 6.31. The first-order chi connectivity index (χ1) is 9.16. The topological polar surface area (TPSA) is 50.2 Å². The Balaban J connectivity index is 2.12. The molecule has 2 aromatic rings. The van der Waals surface area contributed by atoms with E-state index in [1.54, 1.807) is 18.3 Å². The molecule has 0 bridgehead atoms. The molecule has 0 spiro atoms. The summed E-state index contributed by atoms with van der Waals surface area (Å²) in [6, 6.07) is 9.03. The molecule has 96 valence electrons. The third kappa shape index (κ3) is 2.10. The van der Waals surface area contributed by atoms with Gasteiger partial charge in [-0.1, -0.05) is 23.7 Å². The van der Waals surface area contributed by atoms with Crippen LogP contribution in [0, 0.1) is 0 Å². The molecule has 3 rings (SSSR count). The summed E-state index contributed by atoms with van der Waals surface area (Å²) in [5, 5.41) is 9.76. The maximum atomic E-state index is 11.4. The highest BCUT2D eigenvalue weighted by Crippen LogP contribution is 2.38. The Labute approximate surface area is 115 Å². The molecule has 1 unspecified atom stereocenters. The quantitative estimate of drug-likeness (QED) is 0.911. The van der Waals surface area contributed by atoms with Gasteiger partial charge < -0.3 is 5.11 Å². The van der Waals surface area contributed by atoms with Gasteiger partial charge in [0.05, 0.1) is 11.3 Å². The highest BCUT2D eigenvalue weighted by Gasteiger charge is 2.28. The van der Waals surface area contributed by atoms with Gasteiger partial charge in [0.25, 0.3) is 0 Å². The molecule has 0 saturated carbocycles. The number of rotatable bonds is 2. The van der Waals surface area contributed by atoms with Crippen LogP contribution < -0.4 is 0 Å². The molecule has 1 aliphatic rings. The maximum Gasteiger partial charge on any atom is 0.336 e. The Bertz CT molecular complexity index is 654. The first-order valence-electron chi connectivity index (χ1n) is 6.13.